The Morgan fingerprint density at radius 3 is 0.891 bits per heavy atom. The molecule has 0 heteroatoms. The summed E-state index contributed by atoms with van der Waals surface area (Å²) in [6.45, 7) is 8.79. The molecule has 300 valence electrons. The zero-order valence-corrected chi connectivity index (χ0v) is 35.5. The van der Waals surface area contributed by atoms with Crippen LogP contribution in [0.4, 0.5) is 0 Å². The van der Waals surface area contributed by atoms with Gasteiger partial charge < -0.3 is 0 Å². The zero-order valence-electron chi connectivity index (χ0n) is 35.5. The summed E-state index contributed by atoms with van der Waals surface area (Å²) < 4.78 is 0. The Kier molecular flexibility index (Phi) is 9.96. The molecule has 0 bridgehead atoms. The van der Waals surface area contributed by atoms with Gasteiger partial charge >= 0.3 is 0 Å². The molecule has 0 radical (unpaired) electrons. The van der Waals surface area contributed by atoms with Gasteiger partial charge in [-0.3, -0.25) is 0 Å². The molecular formula is C64H44. The SMILES string of the molecule is C=Cc1c(C=C)c(-c2ccc(-c3ccccc3)cc2)c2cc(-c3ccc4c(-c5ccccc5)c5ccccc5c(-c5ccc(-c6ccccc6)cc5)c4c3)ccc2c1-c1ccccc1. The molecule has 11 aromatic carbocycles. The van der Waals surface area contributed by atoms with Gasteiger partial charge in [-0.25, -0.2) is 0 Å². The summed E-state index contributed by atoms with van der Waals surface area (Å²) in [7, 11) is 0. The molecule has 64 heavy (non-hydrogen) atoms. The quantitative estimate of drug-likeness (QED) is 0.127. The minimum Gasteiger partial charge on any atom is -0.0984 e. The molecule has 0 heterocycles. The highest BCUT2D eigenvalue weighted by Crippen LogP contribution is 2.48. The van der Waals surface area contributed by atoms with Crippen LogP contribution in [0.15, 0.2) is 244 Å². The highest BCUT2D eigenvalue weighted by Gasteiger charge is 2.21. The maximum atomic E-state index is 4.42. The van der Waals surface area contributed by atoms with Crippen LogP contribution in [0.2, 0.25) is 0 Å². The van der Waals surface area contributed by atoms with Crippen LogP contribution in [-0.4, -0.2) is 0 Å². The van der Waals surface area contributed by atoms with Gasteiger partial charge in [-0.15, -0.1) is 0 Å². The Balaban J connectivity index is 1.17. The molecule has 0 nitrogen and oxygen atoms in total. The lowest BCUT2D eigenvalue weighted by Crippen LogP contribution is -1.97. The van der Waals surface area contributed by atoms with E-state index in [0.717, 1.165) is 44.5 Å². The molecule has 0 spiro atoms. The van der Waals surface area contributed by atoms with Crippen LogP contribution in [-0.2, 0) is 0 Å². The molecule has 0 saturated heterocycles. The van der Waals surface area contributed by atoms with Gasteiger partial charge in [0.05, 0.1) is 0 Å². The fourth-order valence-electron chi connectivity index (χ4n) is 9.86. The predicted octanol–water partition coefficient (Wildman–Crippen LogP) is 18.1. The minimum atomic E-state index is 1.07. The fraction of sp³-hybridized carbons (Fsp3) is 0. The second-order valence-electron chi connectivity index (χ2n) is 16.4. The van der Waals surface area contributed by atoms with Gasteiger partial charge in [0.25, 0.3) is 0 Å². The standard InChI is InChI=1S/C64H44/c1-3-53-54(4-2)62(49-33-29-45(30-34-49)43-19-9-5-10-20-43)59-41-51(37-39-57(59)61(53)47-23-13-7-14-24-47)52-38-40-58-60(42-52)64(50-35-31-46(32-36-50)44-21-11-6-12-22-44)56-28-18-17-27-55(56)63(58)48-25-15-8-16-26-48/h3-42H,1-2H2. The van der Waals surface area contributed by atoms with Crippen molar-refractivity contribution < 1.29 is 0 Å². The molecule has 0 aliphatic rings. The summed E-state index contributed by atoms with van der Waals surface area (Å²) in [6.07, 6.45) is 4.01. The van der Waals surface area contributed by atoms with Crippen LogP contribution < -0.4 is 0 Å². The van der Waals surface area contributed by atoms with Gasteiger partial charge in [0.1, 0.15) is 0 Å². The Labute approximate surface area is 375 Å². The molecule has 11 rings (SSSR count). The Morgan fingerprint density at radius 1 is 0.203 bits per heavy atom. The maximum Gasteiger partial charge on any atom is -0.00261 e. The van der Waals surface area contributed by atoms with E-state index in [1.165, 1.54) is 76.8 Å². The van der Waals surface area contributed by atoms with Crippen molar-refractivity contribution in [1.82, 2.24) is 0 Å². The van der Waals surface area contributed by atoms with Gasteiger partial charge in [0, 0.05) is 0 Å². The lowest BCUT2D eigenvalue weighted by atomic mass is 9.82. The third-order valence-corrected chi connectivity index (χ3v) is 12.8. The average molecular weight is 813 g/mol. The Hall–Kier alpha value is -8.32. The van der Waals surface area contributed by atoms with E-state index < -0.39 is 0 Å². The fourth-order valence-corrected chi connectivity index (χ4v) is 9.86. The number of hydrogen-bond donors (Lipinski definition) is 0. The number of hydrogen-bond acceptors (Lipinski definition) is 0. The first-order valence-electron chi connectivity index (χ1n) is 22.0. The average Bonchev–Trinajstić information content (AvgIpc) is 3.38. The van der Waals surface area contributed by atoms with E-state index in [1.54, 1.807) is 0 Å². The molecule has 0 atom stereocenters. The molecule has 0 fully saturated rings. The van der Waals surface area contributed by atoms with Crippen LogP contribution in [0.25, 0.3) is 122 Å². The van der Waals surface area contributed by atoms with Crippen LogP contribution >= 0.6 is 0 Å². The first-order valence-corrected chi connectivity index (χ1v) is 22.0. The van der Waals surface area contributed by atoms with Crippen molar-refractivity contribution in [1.29, 1.82) is 0 Å². The van der Waals surface area contributed by atoms with Crippen molar-refractivity contribution in [2.45, 2.75) is 0 Å². The van der Waals surface area contributed by atoms with Gasteiger partial charge in [0.2, 0.25) is 0 Å². The van der Waals surface area contributed by atoms with Crippen molar-refractivity contribution in [2.24, 2.45) is 0 Å². The molecule has 0 aliphatic heterocycles. The summed E-state index contributed by atoms with van der Waals surface area (Å²) in [5.74, 6) is 0. The maximum absolute atomic E-state index is 4.42. The first-order chi connectivity index (χ1) is 31.7. The second-order valence-corrected chi connectivity index (χ2v) is 16.4. The van der Waals surface area contributed by atoms with E-state index in [9.17, 15) is 0 Å². The minimum absolute atomic E-state index is 1.07. The van der Waals surface area contributed by atoms with E-state index in [0.29, 0.717) is 0 Å². The topological polar surface area (TPSA) is 0 Å². The highest BCUT2D eigenvalue weighted by molar-refractivity contribution is 6.22. The molecule has 0 N–H and O–H groups in total. The van der Waals surface area contributed by atoms with Crippen LogP contribution in [0.1, 0.15) is 11.1 Å². The molecule has 0 amide bonds. The van der Waals surface area contributed by atoms with Crippen molar-refractivity contribution in [2.75, 3.05) is 0 Å². The van der Waals surface area contributed by atoms with Gasteiger partial charge in [0.15, 0.2) is 0 Å². The summed E-state index contributed by atoms with van der Waals surface area (Å²) in [5.41, 5.74) is 18.8. The van der Waals surface area contributed by atoms with Crippen molar-refractivity contribution in [3.8, 4) is 77.9 Å². The third-order valence-electron chi connectivity index (χ3n) is 12.8. The van der Waals surface area contributed by atoms with Crippen LogP contribution in [0.5, 0.6) is 0 Å². The monoisotopic (exact) mass is 812 g/mol. The first kappa shape index (κ1) is 38.6. The van der Waals surface area contributed by atoms with E-state index in [-0.39, 0.29) is 0 Å². The predicted molar refractivity (Wildman–Crippen MR) is 277 cm³/mol. The third kappa shape index (κ3) is 6.74. The van der Waals surface area contributed by atoms with Gasteiger partial charge in [-0.05, 0) is 133 Å². The van der Waals surface area contributed by atoms with Crippen molar-refractivity contribution in [3.63, 3.8) is 0 Å². The van der Waals surface area contributed by atoms with E-state index in [4.69, 9.17) is 0 Å². The molecule has 11 aromatic rings. The van der Waals surface area contributed by atoms with Crippen molar-refractivity contribution in [3.05, 3.63) is 255 Å². The normalized spacial score (nSPS) is 11.2. The van der Waals surface area contributed by atoms with Crippen molar-refractivity contribution >= 4 is 44.5 Å². The van der Waals surface area contributed by atoms with E-state index in [1.807, 2.05) is 12.2 Å². The largest absolute Gasteiger partial charge is 0.0984 e. The Bertz CT molecular complexity index is 3510. The lowest BCUT2D eigenvalue weighted by Gasteiger charge is -2.21. The number of benzene rings is 11. The van der Waals surface area contributed by atoms with Crippen LogP contribution in [0.3, 0.4) is 0 Å². The molecular weight excluding hydrogens is 769 g/mol. The summed E-state index contributed by atoms with van der Waals surface area (Å²) in [4.78, 5) is 0. The van der Waals surface area contributed by atoms with Gasteiger partial charge in [-0.2, -0.15) is 0 Å². The molecule has 0 aromatic heterocycles. The number of rotatable bonds is 9. The summed E-state index contributed by atoms with van der Waals surface area (Å²) in [5, 5.41) is 7.27. The highest BCUT2D eigenvalue weighted by atomic mass is 14.2. The summed E-state index contributed by atoms with van der Waals surface area (Å²) >= 11 is 0. The number of fused-ring (bicyclic) bond motifs is 3. The van der Waals surface area contributed by atoms with Crippen LogP contribution in [0, 0.1) is 0 Å². The lowest BCUT2D eigenvalue weighted by molar-refractivity contribution is 1.57. The smallest absolute Gasteiger partial charge is 0.00261 e. The molecule has 0 unspecified atom stereocenters. The van der Waals surface area contributed by atoms with E-state index >= 15 is 0 Å². The molecule has 0 aliphatic carbocycles. The van der Waals surface area contributed by atoms with Gasteiger partial charge in [-0.1, -0.05) is 244 Å². The summed E-state index contributed by atoms with van der Waals surface area (Å²) in [6, 6.07) is 83.8. The molecule has 0 saturated carbocycles. The van der Waals surface area contributed by atoms with E-state index in [2.05, 4.69) is 244 Å². The zero-order chi connectivity index (χ0) is 43.0. The Morgan fingerprint density at radius 2 is 0.453 bits per heavy atom. The second kappa shape index (κ2) is 16.5.